The predicted octanol–water partition coefficient (Wildman–Crippen LogP) is 4.09. The number of benzene rings is 3. The number of rotatable bonds is 5. The maximum atomic E-state index is 12.9. The van der Waals surface area contributed by atoms with E-state index in [1.807, 2.05) is 36.4 Å². The van der Waals surface area contributed by atoms with Crippen LogP contribution in [-0.4, -0.2) is 18.0 Å². The van der Waals surface area contributed by atoms with Gasteiger partial charge in [-0.2, -0.15) is 0 Å². The number of esters is 1. The summed E-state index contributed by atoms with van der Waals surface area (Å²) in [6, 6.07) is 19.0. The molecule has 1 N–H and O–H groups in total. The van der Waals surface area contributed by atoms with Crippen molar-refractivity contribution in [1.29, 1.82) is 0 Å². The van der Waals surface area contributed by atoms with E-state index in [1.165, 1.54) is 31.2 Å². The Labute approximate surface area is 150 Å². The van der Waals surface area contributed by atoms with Crippen LogP contribution in [0.3, 0.4) is 0 Å². The van der Waals surface area contributed by atoms with Gasteiger partial charge in [-0.1, -0.05) is 42.5 Å². The van der Waals surface area contributed by atoms with Crippen molar-refractivity contribution in [3.8, 4) is 0 Å². The molecule has 0 saturated heterocycles. The highest BCUT2D eigenvalue weighted by Gasteiger charge is 2.18. The maximum absolute atomic E-state index is 12.9. The number of ether oxygens (including phenoxy) is 1. The first-order valence-corrected chi connectivity index (χ1v) is 8.25. The third-order valence-electron chi connectivity index (χ3n) is 3.96. The molecule has 1 amide bonds. The fourth-order valence-electron chi connectivity index (χ4n) is 2.57. The first-order chi connectivity index (χ1) is 12.5. The second kappa shape index (κ2) is 7.78. The number of nitrogens with one attached hydrogen (secondary N) is 1. The highest BCUT2D eigenvalue weighted by Crippen LogP contribution is 2.19. The fraction of sp³-hybridized carbons (Fsp3) is 0.143. The zero-order valence-electron chi connectivity index (χ0n) is 14.2. The lowest BCUT2D eigenvalue weighted by Crippen LogP contribution is -2.30. The fourth-order valence-corrected chi connectivity index (χ4v) is 2.57. The average molecular weight is 351 g/mol. The molecule has 1 unspecified atom stereocenters. The minimum atomic E-state index is -0.936. The molecule has 0 aromatic heterocycles. The van der Waals surface area contributed by atoms with E-state index >= 15 is 0 Å². The van der Waals surface area contributed by atoms with Gasteiger partial charge < -0.3 is 10.1 Å². The summed E-state index contributed by atoms with van der Waals surface area (Å²) >= 11 is 0. The summed E-state index contributed by atoms with van der Waals surface area (Å²) < 4.78 is 18.0. The Kier molecular flexibility index (Phi) is 5.27. The summed E-state index contributed by atoms with van der Waals surface area (Å²) in [5.41, 5.74) is 1.26. The zero-order chi connectivity index (χ0) is 18.5. The van der Waals surface area contributed by atoms with E-state index in [0.717, 1.165) is 10.8 Å². The summed E-state index contributed by atoms with van der Waals surface area (Å²) in [6.45, 7) is 1.51. The van der Waals surface area contributed by atoms with Crippen LogP contribution in [0.15, 0.2) is 66.7 Å². The van der Waals surface area contributed by atoms with Crippen LogP contribution < -0.4 is 5.32 Å². The van der Waals surface area contributed by atoms with Crippen molar-refractivity contribution < 1.29 is 18.7 Å². The topological polar surface area (TPSA) is 55.4 Å². The van der Waals surface area contributed by atoms with Crippen LogP contribution in [0, 0.1) is 5.82 Å². The van der Waals surface area contributed by atoms with Crippen LogP contribution >= 0.6 is 0 Å². The van der Waals surface area contributed by atoms with E-state index in [4.69, 9.17) is 4.74 Å². The van der Waals surface area contributed by atoms with Crippen LogP contribution in [0.2, 0.25) is 0 Å². The van der Waals surface area contributed by atoms with Crippen molar-refractivity contribution in [2.45, 2.75) is 19.4 Å². The number of carbonyl (C=O) groups excluding carboxylic acids is 2. The molecule has 0 aliphatic rings. The number of carbonyl (C=O) groups is 2. The Bertz CT molecular complexity index is 937. The standard InChI is InChI=1S/C21H18FNO3/c1-14(26-20(24)12-15-6-9-18(22)10-7-15)21(25)23-19-11-8-16-4-2-3-5-17(16)13-19/h2-11,13-14H,12H2,1H3,(H,23,25). The van der Waals surface area contributed by atoms with E-state index in [2.05, 4.69) is 5.32 Å². The predicted molar refractivity (Wildman–Crippen MR) is 98.2 cm³/mol. The molecule has 1 atom stereocenters. The molecular weight excluding hydrogens is 333 g/mol. The molecule has 0 saturated carbocycles. The molecule has 0 spiro atoms. The van der Waals surface area contributed by atoms with Gasteiger partial charge in [-0.15, -0.1) is 0 Å². The van der Waals surface area contributed by atoms with E-state index in [9.17, 15) is 14.0 Å². The van der Waals surface area contributed by atoms with Crippen LogP contribution in [0.25, 0.3) is 10.8 Å². The number of amides is 1. The van der Waals surface area contributed by atoms with Crippen LogP contribution in [0.5, 0.6) is 0 Å². The van der Waals surface area contributed by atoms with Gasteiger partial charge in [0, 0.05) is 5.69 Å². The van der Waals surface area contributed by atoms with E-state index in [1.54, 1.807) is 6.07 Å². The van der Waals surface area contributed by atoms with Gasteiger partial charge in [0.15, 0.2) is 6.10 Å². The molecule has 0 aliphatic heterocycles. The summed E-state index contributed by atoms with van der Waals surface area (Å²) in [7, 11) is 0. The van der Waals surface area contributed by atoms with Crippen LogP contribution in [0.1, 0.15) is 12.5 Å². The largest absolute Gasteiger partial charge is 0.452 e. The quantitative estimate of drug-likeness (QED) is 0.705. The van der Waals surface area contributed by atoms with Crippen LogP contribution in [-0.2, 0) is 20.7 Å². The molecule has 3 rings (SSSR count). The SMILES string of the molecule is CC(OC(=O)Cc1ccc(F)cc1)C(=O)Nc1ccc2ccccc2c1. The first kappa shape index (κ1) is 17.6. The molecule has 26 heavy (non-hydrogen) atoms. The normalized spacial score (nSPS) is 11.8. The Hall–Kier alpha value is -3.21. The molecular formula is C21H18FNO3. The highest BCUT2D eigenvalue weighted by molar-refractivity contribution is 5.97. The smallest absolute Gasteiger partial charge is 0.311 e. The number of hydrogen-bond acceptors (Lipinski definition) is 3. The van der Waals surface area contributed by atoms with Crippen molar-refractivity contribution in [3.63, 3.8) is 0 Å². The van der Waals surface area contributed by atoms with Gasteiger partial charge in [0.25, 0.3) is 5.91 Å². The minimum Gasteiger partial charge on any atom is -0.452 e. The van der Waals surface area contributed by atoms with E-state index in [-0.39, 0.29) is 12.2 Å². The summed E-state index contributed by atoms with van der Waals surface area (Å²) in [6.07, 6.45) is -0.956. The zero-order valence-corrected chi connectivity index (χ0v) is 14.2. The van der Waals surface area contributed by atoms with Gasteiger partial charge in [-0.05, 0) is 47.5 Å². The number of anilines is 1. The third kappa shape index (κ3) is 4.45. The second-order valence-corrected chi connectivity index (χ2v) is 5.99. The van der Waals surface area contributed by atoms with Gasteiger partial charge in [0.2, 0.25) is 0 Å². The van der Waals surface area contributed by atoms with Crippen molar-refractivity contribution in [3.05, 3.63) is 78.1 Å². The molecule has 3 aromatic rings. The van der Waals surface area contributed by atoms with Gasteiger partial charge in [-0.25, -0.2) is 4.39 Å². The molecule has 0 radical (unpaired) electrons. The van der Waals surface area contributed by atoms with Crippen molar-refractivity contribution in [2.75, 3.05) is 5.32 Å². The van der Waals surface area contributed by atoms with Gasteiger partial charge in [0.05, 0.1) is 6.42 Å². The molecule has 132 valence electrons. The Balaban J connectivity index is 1.57. The van der Waals surface area contributed by atoms with Gasteiger partial charge in [0.1, 0.15) is 5.82 Å². The van der Waals surface area contributed by atoms with Gasteiger partial charge >= 0.3 is 5.97 Å². The molecule has 0 bridgehead atoms. The average Bonchev–Trinajstić information content (AvgIpc) is 2.63. The Morgan fingerprint density at radius 3 is 2.42 bits per heavy atom. The number of halogens is 1. The Morgan fingerprint density at radius 2 is 1.69 bits per heavy atom. The van der Waals surface area contributed by atoms with Crippen molar-refractivity contribution >= 4 is 28.3 Å². The lowest BCUT2D eigenvalue weighted by atomic mass is 10.1. The van der Waals surface area contributed by atoms with E-state index in [0.29, 0.717) is 11.3 Å². The lowest BCUT2D eigenvalue weighted by molar-refractivity contribution is -0.152. The van der Waals surface area contributed by atoms with Crippen LogP contribution in [0.4, 0.5) is 10.1 Å². The summed E-state index contributed by atoms with van der Waals surface area (Å²) in [5, 5.41) is 4.82. The third-order valence-corrected chi connectivity index (χ3v) is 3.96. The monoisotopic (exact) mass is 351 g/mol. The Morgan fingerprint density at radius 1 is 1.00 bits per heavy atom. The van der Waals surface area contributed by atoms with E-state index < -0.39 is 18.0 Å². The number of hydrogen-bond donors (Lipinski definition) is 1. The molecule has 5 heteroatoms. The molecule has 0 heterocycles. The van der Waals surface area contributed by atoms with Crippen molar-refractivity contribution in [2.24, 2.45) is 0 Å². The molecule has 0 aliphatic carbocycles. The first-order valence-electron chi connectivity index (χ1n) is 8.25. The lowest BCUT2D eigenvalue weighted by Gasteiger charge is -2.14. The highest BCUT2D eigenvalue weighted by atomic mass is 19.1. The molecule has 4 nitrogen and oxygen atoms in total. The molecule has 0 fully saturated rings. The minimum absolute atomic E-state index is 0.0200. The van der Waals surface area contributed by atoms with Gasteiger partial charge in [-0.3, -0.25) is 9.59 Å². The second-order valence-electron chi connectivity index (χ2n) is 5.99. The molecule has 3 aromatic carbocycles. The summed E-state index contributed by atoms with van der Waals surface area (Å²) in [4.78, 5) is 24.2. The maximum Gasteiger partial charge on any atom is 0.311 e. The summed E-state index contributed by atoms with van der Waals surface area (Å²) in [5.74, 6) is -1.32. The van der Waals surface area contributed by atoms with Crippen molar-refractivity contribution in [1.82, 2.24) is 0 Å². The number of fused-ring (bicyclic) bond motifs is 1.